The van der Waals surface area contributed by atoms with E-state index in [9.17, 15) is 4.79 Å². The standard InChI is InChI=1S/C12H15O2/c1-2-3-5-11-6-4-7-12(8-11)9-14-10-13/h4,6-8H,2-3,5,9H2,1H3. The van der Waals surface area contributed by atoms with Crippen molar-refractivity contribution in [1.29, 1.82) is 0 Å². The third kappa shape index (κ3) is 3.60. The van der Waals surface area contributed by atoms with E-state index in [1.165, 1.54) is 24.9 Å². The molecule has 2 nitrogen and oxygen atoms in total. The molecule has 1 aromatic carbocycles. The maximum absolute atomic E-state index is 9.89. The molecule has 0 saturated heterocycles. The van der Waals surface area contributed by atoms with Gasteiger partial charge in [-0.2, -0.15) is 0 Å². The van der Waals surface area contributed by atoms with Gasteiger partial charge < -0.3 is 4.74 Å². The fraction of sp³-hybridized carbons (Fsp3) is 0.417. The zero-order valence-electron chi connectivity index (χ0n) is 8.45. The van der Waals surface area contributed by atoms with Gasteiger partial charge in [0, 0.05) is 0 Å². The van der Waals surface area contributed by atoms with Gasteiger partial charge in [0.05, 0.1) is 0 Å². The second-order valence-corrected chi connectivity index (χ2v) is 3.30. The lowest BCUT2D eigenvalue weighted by Crippen LogP contribution is -1.92. The molecule has 0 spiro atoms. The van der Waals surface area contributed by atoms with Crippen molar-refractivity contribution in [2.75, 3.05) is 0 Å². The van der Waals surface area contributed by atoms with Crippen molar-refractivity contribution in [3.8, 4) is 0 Å². The Morgan fingerprint density at radius 2 is 2.14 bits per heavy atom. The topological polar surface area (TPSA) is 26.3 Å². The highest BCUT2D eigenvalue weighted by atomic mass is 16.5. The van der Waals surface area contributed by atoms with E-state index in [4.69, 9.17) is 0 Å². The van der Waals surface area contributed by atoms with Crippen LogP contribution in [0.15, 0.2) is 24.3 Å². The van der Waals surface area contributed by atoms with Crippen LogP contribution >= 0.6 is 0 Å². The molecule has 0 aliphatic carbocycles. The molecule has 0 heterocycles. The number of aryl methyl sites for hydroxylation is 1. The summed E-state index contributed by atoms with van der Waals surface area (Å²) in [5.41, 5.74) is 2.33. The number of unbranched alkanes of at least 4 members (excludes halogenated alkanes) is 1. The summed E-state index contributed by atoms with van der Waals surface area (Å²) >= 11 is 0. The van der Waals surface area contributed by atoms with E-state index in [1.54, 1.807) is 0 Å². The van der Waals surface area contributed by atoms with E-state index in [0.717, 1.165) is 12.0 Å². The van der Waals surface area contributed by atoms with E-state index in [-0.39, 0.29) is 0 Å². The summed E-state index contributed by atoms with van der Waals surface area (Å²) in [6.07, 6.45) is 3.49. The number of hydrogen-bond acceptors (Lipinski definition) is 2. The molecule has 0 N–H and O–H groups in total. The third-order valence-corrected chi connectivity index (χ3v) is 2.11. The molecule has 0 aliphatic rings. The number of rotatable bonds is 6. The highest BCUT2D eigenvalue weighted by Gasteiger charge is 1.96. The number of benzene rings is 1. The number of hydrogen-bond donors (Lipinski definition) is 0. The molecule has 0 saturated carbocycles. The second kappa shape index (κ2) is 6.19. The zero-order chi connectivity index (χ0) is 10.2. The molecule has 75 valence electrons. The van der Waals surface area contributed by atoms with Gasteiger partial charge in [-0.1, -0.05) is 37.6 Å². The molecule has 0 fully saturated rings. The summed E-state index contributed by atoms with van der Waals surface area (Å²) in [6.45, 7) is 3.93. The van der Waals surface area contributed by atoms with Crippen LogP contribution in [0.2, 0.25) is 0 Å². The molecule has 0 aromatic heterocycles. The molecule has 2 heteroatoms. The summed E-state index contributed by atoms with van der Waals surface area (Å²) in [5, 5.41) is 0. The van der Waals surface area contributed by atoms with Crippen LogP contribution in [-0.4, -0.2) is 6.47 Å². The van der Waals surface area contributed by atoms with Crippen molar-refractivity contribution >= 4 is 6.47 Å². The lowest BCUT2D eigenvalue weighted by Gasteiger charge is -2.03. The Balaban J connectivity index is 2.54. The number of ether oxygens (including phenoxy) is 1. The smallest absolute Gasteiger partial charge is 0.417 e. The van der Waals surface area contributed by atoms with Crippen LogP contribution in [0.5, 0.6) is 0 Å². The normalized spacial score (nSPS) is 9.79. The van der Waals surface area contributed by atoms with Gasteiger partial charge in [0.25, 0.3) is 0 Å². The van der Waals surface area contributed by atoms with Crippen molar-refractivity contribution in [3.63, 3.8) is 0 Å². The summed E-state index contributed by atoms with van der Waals surface area (Å²) in [5.74, 6) is 0. The SMILES string of the molecule is CCCCc1cccc(CO[C]=O)c1. The molecular weight excluding hydrogens is 176 g/mol. The maximum atomic E-state index is 9.89. The highest BCUT2D eigenvalue weighted by Crippen LogP contribution is 2.09. The van der Waals surface area contributed by atoms with Gasteiger partial charge in [-0.05, 0) is 24.0 Å². The molecule has 0 atom stereocenters. The van der Waals surface area contributed by atoms with E-state index >= 15 is 0 Å². The minimum absolute atomic E-state index is 0.323. The van der Waals surface area contributed by atoms with Gasteiger partial charge >= 0.3 is 6.47 Å². The predicted molar refractivity (Wildman–Crippen MR) is 55.5 cm³/mol. The van der Waals surface area contributed by atoms with Crippen LogP contribution in [0.4, 0.5) is 0 Å². The van der Waals surface area contributed by atoms with Crippen molar-refractivity contribution in [2.24, 2.45) is 0 Å². The average molecular weight is 191 g/mol. The lowest BCUT2D eigenvalue weighted by atomic mass is 10.1. The first-order valence-electron chi connectivity index (χ1n) is 4.93. The number of carbonyl (C=O) groups excluding carboxylic acids is 1. The minimum atomic E-state index is 0.323. The van der Waals surface area contributed by atoms with Gasteiger partial charge in [-0.25, -0.2) is 4.79 Å². The van der Waals surface area contributed by atoms with Gasteiger partial charge in [0.1, 0.15) is 6.61 Å². The Hall–Kier alpha value is -1.31. The molecule has 0 aliphatic heterocycles. The molecule has 1 rings (SSSR count). The summed E-state index contributed by atoms with van der Waals surface area (Å²) in [4.78, 5) is 9.89. The van der Waals surface area contributed by atoms with Crippen LogP contribution in [0.1, 0.15) is 30.9 Å². The van der Waals surface area contributed by atoms with Gasteiger partial charge in [-0.15, -0.1) is 0 Å². The lowest BCUT2D eigenvalue weighted by molar-refractivity contribution is 0.267. The van der Waals surface area contributed by atoms with Crippen LogP contribution < -0.4 is 0 Å². The maximum Gasteiger partial charge on any atom is 0.417 e. The van der Waals surface area contributed by atoms with Crippen molar-refractivity contribution in [3.05, 3.63) is 35.4 Å². The van der Waals surface area contributed by atoms with E-state index in [0.29, 0.717) is 6.61 Å². The quantitative estimate of drug-likeness (QED) is 0.691. The predicted octanol–water partition coefficient (Wildman–Crippen LogP) is 2.61. The van der Waals surface area contributed by atoms with Gasteiger partial charge in [-0.3, -0.25) is 0 Å². The largest absolute Gasteiger partial charge is 0.452 e. The molecule has 0 amide bonds. The molecule has 1 aromatic rings. The Morgan fingerprint density at radius 1 is 1.36 bits per heavy atom. The van der Waals surface area contributed by atoms with Crippen molar-refractivity contribution in [1.82, 2.24) is 0 Å². The minimum Gasteiger partial charge on any atom is -0.452 e. The van der Waals surface area contributed by atoms with Crippen LogP contribution in [-0.2, 0) is 22.6 Å². The molecule has 0 unspecified atom stereocenters. The van der Waals surface area contributed by atoms with Crippen molar-refractivity contribution < 1.29 is 9.53 Å². The van der Waals surface area contributed by atoms with Crippen molar-refractivity contribution in [2.45, 2.75) is 32.8 Å². The average Bonchev–Trinajstić information content (AvgIpc) is 2.24. The summed E-state index contributed by atoms with van der Waals surface area (Å²) < 4.78 is 4.57. The zero-order valence-corrected chi connectivity index (χ0v) is 8.45. The molecular formula is C12H15O2. The first-order valence-corrected chi connectivity index (χ1v) is 4.93. The van der Waals surface area contributed by atoms with Gasteiger partial charge in [0.2, 0.25) is 0 Å². The Morgan fingerprint density at radius 3 is 2.86 bits per heavy atom. The fourth-order valence-electron chi connectivity index (χ4n) is 1.37. The third-order valence-electron chi connectivity index (χ3n) is 2.11. The Kier molecular flexibility index (Phi) is 4.76. The monoisotopic (exact) mass is 191 g/mol. The van der Waals surface area contributed by atoms with Crippen LogP contribution in [0, 0.1) is 0 Å². The molecule has 14 heavy (non-hydrogen) atoms. The van der Waals surface area contributed by atoms with Crippen LogP contribution in [0.3, 0.4) is 0 Å². The Labute approximate surface area is 84.9 Å². The Bertz CT molecular complexity index is 281. The molecule has 1 radical (unpaired) electrons. The fourth-order valence-corrected chi connectivity index (χ4v) is 1.37. The van der Waals surface area contributed by atoms with E-state index in [1.807, 2.05) is 12.1 Å². The first kappa shape index (κ1) is 10.8. The summed E-state index contributed by atoms with van der Waals surface area (Å²) in [6, 6.07) is 8.12. The van der Waals surface area contributed by atoms with E-state index < -0.39 is 0 Å². The second-order valence-electron chi connectivity index (χ2n) is 3.30. The van der Waals surface area contributed by atoms with Gasteiger partial charge in [0.15, 0.2) is 0 Å². The van der Waals surface area contributed by atoms with E-state index in [2.05, 4.69) is 23.8 Å². The van der Waals surface area contributed by atoms with Crippen LogP contribution in [0.25, 0.3) is 0 Å². The summed E-state index contributed by atoms with van der Waals surface area (Å²) in [7, 11) is 0. The first-order chi connectivity index (χ1) is 6.86. The molecule has 0 bridgehead atoms. The highest BCUT2D eigenvalue weighted by molar-refractivity contribution is 5.38.